The number of nitrogens with two attached hydrogens (primary N) is 1. The van der Waals surface area contributed by atoms with E-state index in [1.807, 2.05) is 0 Å². The van der Waals surface area contributed by atoms with Crippen LogP contribution in [0.3, 0.4) is 0 Å². The van der Waals surface area contributed by atoms with Gasteiger partial charge in [0.15, 0.2) is 0 Å². The zero-order valence-corrected chi connectivity index (χ0v) is 13.1. The van der Waals surface area contributed by atoms with Gasteiger partial charge in [-0.15, -0.1) is 0 Å². The fourth-order valence-corrected chi connectivity index (χ4v) is 5.18. The molecule has 1 aromatic carbocycles. The van der Waals surface area contributed by atoms with Crippen LogP contribution in [0, 0.1) is 11.8 Å². The Hall–Kier alpha value is -0.860. The predicted molar refractivity (Wildman–Crippen MR) is 85.0 cm³/mol. The summed E-state index contributed by atoms with van der Waals surface area (Å²) in [7, 11) is 0. The monoisotopic (exact) mass is 286 g/mol. The molecule has 3 fully saturated rings. The van der Waals surface area contributed by atoms with Gasteiger partial charge in [-0.05, 0) is 25.2 Å². The molecule has 3 aliphatic rings. The lowest BCUT2D eigenvalue weighted by Gasteiger charge is -2.31. The van der Waals surface area contributed by atoms with Gasteiger partial charge in [0.05, 0.1) is 25.2 Å². The van der Waals surface area contributed by atoms with Gasteiger partial charge < -0.3 is 10.2 Å². The first kappa shape index (κ1) is 13.8. The molecule has 2 heteroatoms. The number of hydrogen-bond donors (Lipinski definition) is 2. The molecule has 2 nitrogen and oxygen atoms in total. The third-order valence-electron chi connectivity index (χ3n) is 6.35. The number of likely N-dealkylation sites (tertiary alicyclic amines) is 1. The molecular formula is C19H30N2+2. The van der Waals surface area contributed by atoms with Crippen molar-refractivity contribution in [1.29, 1.82) is 0 Å². The normalized spacial score (nSPS) is 38.8. The van der Waals surface area contributed by atoms with Crippen LogP contribution in [0.4, 0.5) is 0 Å². The molecule has 0 spiro atoms. The van der Waals surface area contributed by atoms with Crippen LogP contribution < -0.4 is 10.2 Å². The Balaban J connectivity index is 1.23. The quantitative estimate of drug-likeness (QED) is 0.824. The van der Waals surface area contributed by atoms with E-state index < -0.39 is 0 Å². The van der Waals surface area contributed by atoms with Crippen molar-refractivity contribution in [2.24, 2.45) is 11.8 Å². The summed E-state index contributed by atoms with van der Waals surface area (Å²) >= 11 is 0. The van der Waals surface area contributed by atoms with Gasteiger partial charge in [0.25, 0.3) is 0 Å². The summed E-state index contributed by atoms with van der Waals surface area (Å²) < 4.78 is 0. The van der Waals surface area contributed by atoms with Crippen molar-refractivity contribution in [1.82, 2.24) is 0 Å². The van der Waals surface area contributed by atoms with Crippen LogP contribution in [-0.2, 0) is 6.54 Å². The van der Waals surface area contributed by atoms with E-state index in [0.717, 1.165) is 23.9 Å². The maximum atomic E-state index is 2.79. The van der Waals surface area contributed by atoms with Crippen LogP contribution in [0.25, 0.3) is 0 Å². The molecule has 2 aliphatic carbocycles. The summed E-state index contributed by atoms with van der Waals surface area (Å²) in [5, 5.41) is 2.79. The van der Waals surface area contributed by atoms with E-state index in [-0.39, 0.29) is 0 Å². The molecule has 2 bridgehead atoms. The van der Waals surface area contributed by atoms with Crippen molar-refractivity contribution in [3.8, 4) is 0 Å². The molecule has 21 heavy (non-hydrogen) atoms. The van der Waals surface area contributed by atoms with Crippen LogP contribution in [-0.4, -0.2) is 25.2 Å². The number of benzene rings is 1. The van der Waals surface area contributed by atoms with Crippen molar-refractivity contribution in [3.63, 3.8) is 0 Å². The lowest BCUT2D eigenvalue weighted by molar-refractivity contribution is -0.927. The number of rotatable bonds is 4. The number of nitrogens with one attached hydrogen (secondary N) is 1. The van der Waals surface area contributed by atoms with Gasteiger partial charge in [-0.1, -0.05) is 30.3 Å². The second-order valence-electron chi connectivity index (χ2n) is 7.78. The van der Waals surface area contributed by atoms with E-state index >= 15 is 0 Å². The summed E-state index contributed by atoms with van der Waals surface area (Å²) in [5.41, 5.74) is 1.50. The summed E-state index contributed by atoms with van der Waals surface area (Å²) in [5.74, 6) is 2.17. The predicted octanol–water partition coefficient (Wildman–Crippen LogP) is 0.986. The van der Waals surface area contributed by atoms with E-state index in [9.17, 15) is 0 Å². The molecule has 4 rings (SSSR count). The Morgan fingerprint density at radius 1 is 0.952 bits per heavy atom. The molecule has 1 aliphatic heterocycles. The number of piperidine rings is 1. The molecule has 0 unspecified atom stereocenters. The summed E-state index contributed by atoms with van der Waals surface area (Å²) in [6.07, 6.45) is 9.01. The summed E-state index contributed by atoms with van der Waals surface area (Å²) in [4.78, 5) is 1.79. The average molecular weight is 286 g/mol. The maximum absolute atomic E-state index is 2.79. The minimum Gasteiger partial charge on any atom is -0.341 e. The van der Waals surface area contributed by atoms with Crippen LogP contribution in [0.2, 0.25) is 0 Å². The number of hydrogen-bond acceptors (Lipinski definition) is 0. The van der Waals surface area contributed by atoms with E-state index in [1.54, 1.807) is 11.3 Å². The molecular weight excluding hydrogens is 256 g/mol. The van der Waals surface area contributed by atoms with Crippen molar-refractivity contribution in [3.05, 3.63) is 35.9 Å². The van der Waals surface area contributed by atoms with E-state index in [4.69, 9.17) is 0 Å². The van der Waals surface area contributed by atoms with Gasteiger partial charge in [-0.3, -0.25) is 0 Å². The molecule has 1 saturated heterocycles. The molecule has 0 radical (unpaired) electrons. The Morgan fingerprint density at radius 2 is 1.76 bits per heavy atom. The van der Waals surface area contributed by atoms with Gasteiger partial charge in [0.1, 0.15) is 6.54 Å². The summed E-state index contributed by atoms with van der Waals surface area (Å²) in [6, 6.07) is 12.9. The average Bonchev–Trinajstić information content (AvgIpc) is 3.13. The third-order valence-corrected chi connectivity index (χ3v) is 6.35. The number of quaternary nitrogens is 2. The lowest BCUT2D eigenvalue weighted by atomic mass is 9.93. The van der Waals surface area contributed by atoms with E-state index in [0.29, 0.717) is 0 Å². The molecule has 0 amide bonds. The molecule has 114 valence electrons. The zero-order valence-electron chi connectivity index (χ0n) is 13.1. The van der Waals surface area contributed by atoms with Crippen molar-refractivity contribution >= 4 is 0 Å². The van der Waals surface area contributed by atoms with Crippen LogP contribution in [0.15, 0.2) is 30.3 Å². The van der Waals surface area contributed by atoms with Crippen molar-refractivity contribution in [2.75, 3.05) is 13.1 Å². The Bertz CT molecular complexity index is 450. The highest BCUT2D eigenvalue weighted by Crippen LogP contribution is 2.43. The standard InChI is InChI=1S/C19H28N2/c1-2-4-15(5-3-1)14-21-10-8-18(9-11-21)20-19-13-16-6-7-17(19)12-16/h1-5,16-20H,6-14H2/p+2/t16-,17-,19+/m1/s1. The minimum absolute atomic E-state index is 0.925. The Labute approximate surface area is 128 Å². The largest absolute Gasteiger partial charge is 0.341 e. The van der Waals surface area contributed by atoms with Gasteiger partial charge >= 0.3 is 0 Å². The molecule has 3 N–H and O–H groups in total. The Morgan fingerprint density at radius 3 is 2.43 bits per heavy atom. The number of fused-ring (bicyclic) bond motifs is 2. The third kappa shape index (κ3) is 3.17. The Kier molecular flexibility index (Phi) is 4.00. The van der Waals surface area contributed by atoms with Crippen LogP contribution in [0.1, 0.15) is 44.1 Å². The van der Waals surface area contributed by atoms with Gasteiger partial charge in [0, 0.05) is 30.7 Å². The fraction of sp³-hybridized carbons (Fsp3) is 0.684. The van der Waals surface area contributed by atoms with Crippen LogP contribution >= 0.6 is 0 Å². The molecule has 1 heterocycles. The second-order valence-corrected chi connectivity index (χ2v) is 7.78. The van der Waals surface area contributed by atoms with E-state index in [2.05, 4.69) is 35.6 Å². The van der Waals surface area contributed by atoms with Crippen molar-refractivity contribution in [2.45, 2.75) is 57.2 Å². The zero-order chi connectivity index (χ0) is 14.1. The SMILES string of the molecule is c1ccc(C[NH+]2CCC([NH2+][C@H]3C[C@@H]4CC[C@@H]3C4)CC2)cc1. The van der Waals surface area contributed by atoms with Crippen LogP contribution in [0.5, 0.6) is 0 Å². The van der Waals surface area contributed by atoms with E-state index in [1.165, 1.54) is 57.3 Å². The molecule has 2 saturated carbocycles. The maximum Gasteiger partial charge on any atom is 0.103 e. The highest BCUT2D eigenvalue weighted by molar-refractivity contribution is 5.13. The smallest absolute Gasteiger partial charge is 0.103 e. The topological polar surface area (TPSA) is 21.1 Å². The van der Waals surface area contributed by atoms with Gasteiger partial charge in [-0.2, -0.15) is 0 Å². The molecule has 0 aromatic heterocycles. The second kappa shape index (κ2) is 6.10. The highest BCUT2D eigenvalue weighted by atomic mass is 15.1. The minimum atomic E-state index is 0.925. The summed E-state index contributed by atoms with van der Waals surface area (Å²) in [6.45, 7) is 3.97. The first-order chi connectivity index (χ1) is 10.4. The molecule has 1 aromatic rings. The van der Waals surface area contributed by atoms with Gasteiger partial charge in [-0.25, -0.2) is 0 Å². The van der Waals surface area contributed by atoms with Crippen molar-refractivity contribution < 1.29 is 10.2 Å². The lowest BCUT2D eigenvalue weighted by Crippen LogP contribution is -3.14. The molecule has 3 atom stereocenters. The first-order valence-electron chi connectivity index (χ1n) is 9.09. The fourth-order valence-electron chi connectivity index (χ4n) is 5.18. The highest BCUT2D eigenvalue weighted by Gasteiger charge is 2.43. The first-order valence-corrected chi connectivity index (χ1v) is 9.09. The van der Waals surface area contributed by atoms with Gasteiger partial charge in [0.2, 0.25) is 0 Å².